The van der Waals surface area contributed by atoms with Gasteiger partial charge in [-0.05, 0) is 43.0 Å². The van der Waals surface area contributed by atoms with Crippen LogP contribution >= 0.6 is 0 Å². The Kier molecular flexibility index (Phi) is 5.06. The first kappa shape index (κ1) is 17.0. The number of amides is 1. The third-order valence-electron chi connectivity index (χ3n) is 6.21. The maximum absolute atomic E-state index is 13.0. The van der Waals surface area contributed by atoms with Crippen LogP contribution in [-0.4, -0.2) is 50.2 Å². The predicted octanol–water partition coefficient (Wildman–Crippen LogP) is 2.24. The molecule has 5 heteroatoms. The molecule has 5 nitrogen and oxygen atoms in total. The van der Waals surface area contributed by atoms with Gasteiger partial charge in [-0.2, -0.15) is 0 Å². The van der Waals surface area contributed by atoms with Crippen LogP contribution < -0.4 is 10.6 Å². The van der Waals surface area contributed by atoms with Gasteiger partial charge in [0.05, 0.1) is 18.6 Å². The highest BCUT2D eigenvalue weighted by molar-refractivity contribution is 5.96. The molecule has 1 aromatic rings. The molecule has 2 saturated heterocycles. The lowest BCUT2D eigenvalue weighted by molar-refractivity contribution is -0.128. The van der Waals surface area contributed by atoms with E-state index in [0.717, 1.165) is 58.0 Å². The monoisotopic (exact) mass is 343 g/mol. The van der Waals surface area contributed by atoms with Gasteiger partial charge in [0.15, 0.2) is 0 Å². The highest BCUT2D eigenvalue weighted by Crippen LogP contribution is 2.44. The summed E-state index contributed by atoms with van der Waals surface area (Å²) in [5, 5.41) is 6.64. The molecule has 0 spiro atoms. The van der Waals surface area contributed by atoms with E-state index in [0.29, 0.717) is 5.92 Å². The number of carbonyl (C=O) groups is 1. The SMILES string of the molecule is O=C(Nc1ccc(CN2CCOCC2)cc1)[C@@]12CCCC[C@H]1CNC2. The maximum atomic E-state index is 13.0. The molecule has 136 valence electrons. The molecule has 2 N–H and O–H groups in total. The van der Waals surface area contributed by atoms with Crippen LogP contribution in [-0.2, 0) is 16.1 Å². The average molecular weight is 343 g/mol. The lowest BCUT2D eigenvalue weighted by atomic mass is 9.67. The van der Waals surface area contributed by atoms with E-state index in [1.165, 1.54) is 24.8 Å². The summed E-state index contributed by atoms with van der Waals surface area (Å²) in [7, 11) is 0. The summed E-state index contributed by atoms with van der Waals surface area (Å²) in [6.45, 7) is 6.42. The van der Waals surface area contributed by atoms with Crippen molar-refractivity contribution in [3.8, 4) is 0 Å². The molecule has 2 aliphatic heterocycles. The van der Waals surface area contributed by atoms with Crippen molar-refractivity contribution in [2.45, 2.75) is 32.2 Å². The van der Waals surface area contributed by atoms with E-state index >= 15 is 0 Å². The molecule has 1 saturated carbocycles. The van der Waals surface area contributed by atoms with Crippen molar-refractivity contribution in [3.63, 3.8) is 0 Å². The highest BCUT2D eigenvalue weighted by Gasteiger charge is 2.49. The molecule has 0 radical (unpaired) electrons. The Labute approximate surface area is 150 Å². The predicted molar refractivity (Wildman–Crippen MR) is 98.4 cm³/mol. The molecule has 4 rings (SSSR count). The molecular formula is C20H29N3O2. The molecule has 2 heterocycles. The second kappa shape index (κ2) is 7.44. The molecule has 3 fully saturated rings. The summed E-state index contributed by atoms with van der Waals surface area (Å²) in [6.07, 6.45) is 4.63. The number of rotatable bonds is 4. The minimum Gasteiger partial charge on any atom is -0.379 e. The van der Waals surface area contributed by atoms with Crippen molar-refractivity contribution >= 4 is 11.6 Å². The fourth-order valence-electron chi connectivity index (χ4n) is 4.66. The number of hydrogen-bond donors (Lipinski definition) is 2. The minimum atomic E-state index is -0.190. The average Bonchev–Trinajstić information content (AvgIpc) is 3.10. The van der Waals surface area contributed by atoms with Gasteiger partial charge in [-0.25, -0.2) is 0 Å². The number of ether oxygens (including phenoxy) is 1. The molecule has 1 aliphatic carbocycles. The van der Waals surface area contributed by atoms with Crippen molar-refractivity contribution in [2.75, 3.05) is 44.7 Å². The number of anilines is 1. The van der Waals surface area contributed by atoms with E-state index in [2.05, 4.69) is 27.7 Å². The fraction of sp³-hybridized carbons (Fsp3) is 0.650. The molecule has 1 amide bonds. The summed E-state index contributed by atoms with van der Waals surface area (Å²) in [5.41, 5.74) is 2.02. The van der Waals surface area contributed by atoms with Crippen LogP contribution in [0.5, 0.6) is 0 Å². The largest absolute Gasteiger partial charge is 0.379 e. The first-order chi connectivity index (χ1) is 12.3. The van der Waals surface area contributed by atoms with Gasteiger partial charge >= 0.3 is 0 Å². The van der Waals surface area contributed by atoms with E-state index < -0.39 is 0 Å². The van der Waals surface area contributed by atoms with Gasteiger partial charge in [0.1, 0.15) is 0 Å². The zero-order valence-corrected chi connectivity index (χ0v) is 14.9. The quantitative estimate of drug-likeness (QED) is 0.880. The van der Waals surface area contributed by atoms with Crippen LogP contribution in [0.25, 0.3) is 0 Å². The molecule has 3 aliphatic rings. The van der Waals surface area contributed by atoms with Crippen LogP contribution in [0.4, 0.5) is 5.69 Å². The Morgan fingerprint density at radius 2 is 2.04 bits per heavy atom. The lowest BCUT2D eigenvalue weighted by Crippen LogP contribution is -2.44. The first-order valence-corrected chi connectivity index (χ1v) is 9.67. The van der Waals surface area contributed by atoms with E-state index in [9.17, 15) is 4.79 Å². The van der Waals surface area contributed by atoms with Gasteiger partial charge in [-0.3, -0.25) is 9.69 Å². The Morgan fingerprint density at radius 1 is 1.24 bits per heavy atom. The van der Waals surface area contributed by atoms with Crippen molar-refractivity contribution < 1.29 is 9.53 Å². The van der Waals surface area contributed by atoms with E-state index in [-0.39, 0.29) is 11.3 Å². The maximum Gasteiger partial charge on any atom is 0.232 e. The molecule has 0 unspecified atom stereocenters. The molecule has 0 aromatic heterocycles. The highest BCUT2D eigenvalue weighted by atomic mass is 16.5. The molecular weight excluding hydrogens is 314 g/mol. The smallest absolute Gasteiger partial charge is 0.232 e. The third-order valence-corrected chi connectivity index (χ3v) is 6.21. The number of hydrogen-bond acceptors (Lipinski definition) is 4. The number of nitrogens with one attached hydrogen (secondary N) is 2. The number of benzene rings is 1. The number of fused-ring (bicyclic) bond motifs is 1. The van der Waals surface area contributed by atoms with E-state index in [1.54, 1.807) is 0 Å². The Hall–Kier alpha value is -1.43. The summed E-state index contributed by atoms with van der Waals surface area (Å²) in [4.78, 5) is 15.4. The van der Waals surface area contributed by atoms with Crippen molar-refractivity contribution in [1.82, 2.24) is 10.2 Å². The minimum absolute atomic E-state index is 0.190. The number of morpholine rings is 1. The van der Waals surface area contributed by atoms with Crippen LogP contribution in [0.15, 0.2) is 24.3 Å². The topological polar surface area (TPSA) is 53.6 Å². The second-order valence-electron chi connectivity index (χ2n) is 7.77. The Morgan fingerprint density at radius 3 is 2.84 bits per heavy atom. The summed E-state index contributed by atoms with van der Waals surface area (Å²) < 4.78 is 5.40. The van der Waals surface area contributed by atoms with Gasteiger partial charge < -0.3 is 15.4 Å². The van der Waals surface area contributed by atoms with Crippen LogP contribution in [0, 0.1) is 11.3 Å². The number of carbonyl (C=O) groups excluding carboxylic acids is 1. The van der Waals surface area contributed by atoms with Crippen molar-refractivity contribution in [1.29, 1.82) is 0 Å². The fourth-order valence-corrected chi connectivity index (χ4v) is 4.66. The Bertz CT molecular complexity index is 597. The zero-order chi connectivity index (χ0) is 17.1. The van der Waals surface area contributed by atoms with Crippen molar-refractivity contribution in [3.05, 3.63) is 29.8 Å². The van der Waals surface area contributed by atoms with Gasteiger partial charge in [0.2, 0.25) is 5.91 Å². The number of nitrogens with zero attached hydrogens (tertiary/aromatic N) is 1. The first-order valence-electron chi connectivity index (χ1n) is 9.67. The van der Waals surface area contributed by atoms with E-state index in [1.807, 2.05) is 12.1 Å². The van der Waals surface area contributed by atoms with E-state index in [4.69, 9.17) is 4.74 Å². The Balaban J connectivity index is 1.38. The lowest BCUT2D eigenvalue weighted by Gasteiger charge is -2.37. The van der Waals surface area contributed by atoms with Gasteiger partial charge in [0.25, 0.3) is 0 Å². The third kappa shape index (κ3) is 3.59. The van der Waals surface area contributed by atoms with Gasteiger partial charge in [0, 0.05) is 31.9 Å². The van der Waals surface area contributed by atoms with Gasteiger partial charge in [-0.1, -0.05) is 25.0 Å². The standard InChI is InChI=1S/C20H29N3O2/c24-19(20-8-2-1-3-17(20)13-21-15-20)22-18-6-4-16(5-7-18)14-23-9-11-25-12-10-23/h4-7,17,21H,1-3,8-15H2,(H,22,24)/t17-,20+/m0/s1. The molecule has 0 bridgehead atoms. The van der Waals surface area contributed by atoms with Crippen LogP contribution in [0.1, 0.15) is 31.2 Å². The molecule has 2 atom stereocenters. The molecule has 25 heavy (non-hydrogen) atoms. The summed E-state index contributed by atoms with van der Waals surface area (Å²) in [6, 6.07) is 8.36. The molecule has 1 aromatic carbocycles. The summed E-state index contributed by atoms with van der Waals surface area (Å²) >= 11 is 0. The van der Waals surface area contributed by atoms with Crippen LogP contribution in [0.2, 0.25) is 0 Å². The second-order valence-corrected chi connectivity index (χ2v) is 7.77. The van der Waals surface area contributed by atoms with Crippen molar-refractivity contribution in [2.24, 2.45) is 11.3 Å². The summed E-state index contributed by atoms with van der Waals surface area (Å²) in [5.74, 6) is 0.713. The van der Waals surface area contributed by atoms with Gasteiger partial charge in [-0.15, -0.1) is 0 Å². The normalized spacial score (nSPS) is 30.0. The van der Waals surface area contributed by atoms with Crippen LogP contribution in [0.3, 0.4) is 0 Å². The zero-order valence-electron chi connectivity index (χ0n) is 14.9.